The zero-order chi connectivity index (χ0) is 21.1. The van der Waals surface area contributed by atoms with Gasteiger partial charge in [-0.3, -0.25) is 0 Å². The van der Waals surface area contributed by atoms with Crippen molar-refractivity contribution in [2.45, 2.75) is 105 Å². The lowest BCUT2D eigenvalue weighted by Gasteiger charge is -2.42. The van der Waals surface area contributed by atoms with Gasteiger partial charge in [-0.25, -0.2) is 0 Å². The average Bonchev–Trinajstić information content (AvgIpc) is 3.06. The van der Waals surface area contributed by atoms with Crippen molar-refractivity contribution in [2.24, 2.45) is 71.0 Å². The zero-order valence-electron chi connectivity index (χ0n) is 21.1. The maximum atomic E-state index is 2.79. The van der Waals surface area contributed by atoms with Crippen molar-refractivity contribution in [3.63, 3.8) is 0 Å². The molecule has 0 nitrogen and oxygen atoms in total. The molecule has 4 rings (SSSR count). The van der Waals surface area contributed by atoms with E-state index in [0.29, 0.717) is 0 Å². The molecule has 4 aliphatic carbocycles. The van der Waals surface area contributed by atoms with E-state index in [1.165, 1.54) is 12.8 Å². The second kappa shape index (κ2) is 8.29. The molecular weight excluding hydrogens is 364 g/mol. The Kier molecular flexibility index (Phi) is 6.41. The van der Waals surface area contributed by atoms with E-state index in [1.54, 1.807) is 37.8 Å². The SMILES string of the molecule is CC1CC2CC(C)C(C[Si](C)(C)CC3C(C)CC4CC(C)C(C)CC43)C2CC1C. The van der Waals surface area contributed by atoms with E-state index in [9.17, 15) is 0 Å². The van der Waals surface area contributed by atoms with Crippen LogP contribution in [0.25, 0.3) is 0 Å². The molecule has 0 aromatic rings. The first-order chi connectivity index (χ1) is 13.6. The summed E-state index contributed by atoms with van der Waals surface area (Å²) >= 11 is 0. The summed E-state index contributed by atoms with van der Waals surface area (Å²) < 4.78 is 0. The highest BCUT2D eigenvalue weighted by molar-refractivity contribution is 6.77. The molecule has 0 aliphatic heterocycles. The summed E-state index contributed by atoms with van der Waals surface area (Å²) in [6, 6.07) is 3.28. The molecular formula is C28H52Si. The summed E-state index contributed by atoms with van der Waals surface area (Å²) in [5.74, 6) is 12.3. The van der Waals surface area contributed by atoms with Gasteiger partial charge in [-0.2, -0.15) is 0 Å². The molecule has 0 radical (unpaired) electrons. The third-order valence-corrected chi connectivity index (χ3v) is 14.4. The molecule has 0 heterocycles. The Bertz CT molecular complexity index is 519. The van der Waals surface area contributed by atoms with Crippen molar-refractivity contribution in [2.75, 3.05) is 0 Å². The van der Waals surface area contributed by atoms with E-state index >= 15 is 0 Å². The Balaban J connectivity index is 1.42. The van der Waals surface area contributed by atoms with Gasteiger partial charge >= 0.3 is 0 Å². The van der Waals surface area contributed by atoms with Crippen LogP contribution in [0.15, 0.2) is 0 Å². The second-order valence-electron chi connectivity index (χ2n) is 14.0. The van der Waals surface area contributed by atoms with Gasteiger partial charge in [-0.1, -0.05) is 66.7 Å². The molecule has 29 heavy (non-hydrogen) atoms. The predicted octanol–water partition coefficient (Wildman–Crippen LogP) is 8.60. The highest BCUT2D eigenvalue weighted by Crippen LogP contribution is 2.57. The van der Waals surface area contributed by atoms with Crippen LogP contribution >= 0.6 is 0 Å². The van der Waals surface area contributed by atoms with Gasteiger partial charge in [0.25, 0.3) is 0 Å². The highest BCUT2D eigenvalue weighted by atomic mass is 28.3. The van der Waals surface area contributed by atoms with Crippen LogP contribution in [-0.2, 0) is 0 Å². The van der Waals surface area contributed by atoms with Crippen molar-refractivity contribution < 1.29 is 0 Å². The van der Waals surface area contributed by atoms with Gasteiger partial charge in [0.15, 0.2) is 0 Å². The van der Waals surface area contributed by atoms with Crippen LogP contribution < -0.4 is 0 Å². The zero-order valence-corrected chi connectivity index (χ0v) is 22.1. The summed E-state index contributed by atoms with van der Waals surface area (Å²) in [6.07, 6.45) is 9.27. The molecule has 0 saturated heterocycles. The lowest BCUT2D eigenvalue weighted by atomic mass is 9.69. The Morgan fingerprint density at radius 2 is 0.793 bits per heavy atom. The van der Waals surface area contributed by atoms with Gasteiger partial charge in [0.2, 0.25) is 0 Å². The normalized spacial score (nSPS) is 53.0. The van der Waals surface area contributed by atoms with Crippen LogP contribution in [0, 0.1) is 71.0 Å². The first-order valence-electron chi connectivity index (χ1n) is 13.6. The van der Waals surface area contributed by atoms with Gasteiger partial charge < -0.3 is 0 Å². The molecule has 0 bridgehead atoms. The molecule has 0 aromatic heterocycles. The molecule has 0 aromatic carbocycles. The number of hydrogen-bond acceptors (Lipinski definition) is 0. The Morgan fingerprint density at radius 1 is 0.483 bits per heavy atom. The number of hydrogen-bond donors (Lipinski definition) is 0. The smallest absolute Gasteiger partial charge is 0.0479 e. The first-order valence-corrected chi connectivity index (χ1v) is 17.0. The fourth-order valence-corrected chi connectivity index (χ4v) is 13.4. The minimum absolute atomic E-state index is 0.968. The predicted molar refractivity (Wildman–Crippen MR) is 131 cm³/mol. The van der Waals surface area contributed by atoms with Crippen LogP contribution in [0.1, 0.15) is 80.1 Å². The van der Waals surface area contributed by atoms with E-state index < -0.39 is 8.07 Å². The molecule has 12 unspecified atom stereocenters. The van der Waals surface area contributed by atoms with E-state index in [2.05, 4.69) is 54.6 Å². The van der Waals surface area contributed by atoms with E-state index in [0.717, 1.165) is 71.0 Å². The first kappa shape index (κ1) is 22.4. The van der Waals surface area contributed by atoms with Gasteiger partial charge in [-0.15, -0.1) is 0 Å². The molecule has 168 valence electrons. The van der Waals surface area contributed by atoms with Crippen LogP contribution in [0.2, 0.25) is 25.2 Å². The van der Waals surface area contributed by atoms with Crippen LogP contribution in [0.5, 0.6) is 0 Å². The Hall–Kier alpha value is 0.217. The van der Waals surface area contributed by atoms with Crippen molar-refractivity contribution in [3.05, 3.63) is 0 Å². The van der Waals surface area contributed by atoms with Crippen molar-refractivity contribution in [1.82, 2.24) is 0 Å². The summed E-state index contributed by atoms with van der Waals surface area (Å²) in [5, 5.41) is 0. The minimum atomic E-state index is -1.15. The number of fused-ring (bicyclic) bond motifs is 2. The van der Waals surface area contributed by atoms with E-state index in [1.807, 2.05) is 0 Å². The second-order valence-corrected chi connectivity index (χ2v) is 19.2. The molecule has 4 aliphatic rings. The summed E-state index contributed by atoms with van der Waals surface area (Å²) in [7, 11) is -1.15. The standard InChI is InChI=1S/C28H52Si/c1-17-9-23-11-21(5)27(25(23)13-19(17)3)15-29(7,8)16-28-22(6)12-24-10-18(2)20(4)14-26(24)28/h17-28H,9-16H2,1-8H3. The third kappa shape index (κ3) is 4.42. The largest absolute Gasteiger partial charge is 0.0693 e. The van der Waals surface area contributed by atoms with Crippen molar-refractivity contribution >= 4 is 8.07 Å². The summed E-state index contributed by atoms with van der Waals surface area (Å²) in [6.45, 7) is 21.0. The molecule has 12 atom stereocenters. The molecule has 4 saturated carbocycles. The van der Waals surface area contributed by atoms with Gasteiger partial charge in [0.1, 0.15) is 0 Å². The van der Waals surface area contributed by atoms with Crippen LogP contribution in [0.3, 0.4) is 0 Å². The Labute approximate surface area is 184 Å². The monoisotopic (exact) mass is 416 g/mol. The maximum absolute atomic E-state index is 2.79. The summed E-state index contributed by atoms with van der Waals surface area (Å²) in [4.78, 5) is 0. The highest BCUT2D eigenvalue weighted by Gasteiger charge is 2.50. The van der Waals surface area contributed by atoms with Gasteiger partial charge in [0.05, 0.1) is 0 Å². The quantitative estimate of drug-likeness (QED) is 0.402. The molecule has 0 N–H and O–H groups in total. The van der Waals surface area contributed by atoms with Gasteiger partial charge in [-0.05, 0) is 110 Å². The number of rotatable bonds is 4. The van der Waals surface area contributed by atoms with Crippen molar-refractivity contribution in [1.29, 1.82) is 0 Å². The topological polar surface area (TPSA) is 0 Å². The summed E-state index contributed by atoms with van der Waals surface area (Å²) in [5.41, 5.74) is 0. The maximum Gasteiger partial charge on any atom is 0.0479 e. The fourth-order valence-electron chi connectivity index (χ4n) is 9.28. The van der Waals surface area contributed by atoms with Gasteiger partial charge in [0, 0.05) is 8.07 Å². The molecule has 0 spiro atoms. The fraction of sp³-hybridized carbons (Fsp3) is 1.00. The van der Waals surface area contributed by atoms with E-state index in [4.69, 9.17) is 0 Å². The molecule has 1 heteroatoms. The minimum Gasteiger partial charge on any atom is -0.0693 e. The van der Waals surface area contributed by atoms with E-state index in [-0.39, 0.29) is 0 Å². The lowest BCUT2D eigenvalue weighted by molar-refractivity contribution is 0.130. The van der Waals surface area contributed by atoms with Crippen LogP contribution in [0.4, 0.5) is 0 Å². The van der Waals surface area contributed by atoms with Crippen LogP contribution in [-0.4, -0.2) is 8.07 Å². The Morgan fingerprint density at radius 3 is 1.17 bits per heavy atom. The molecule has 4 fully saturated rings. The third-order valence-electron chi connectivity index (χ3n) is 11.3. The van der Waals surface area contributed by atoms with Crippen molar-refractivity contribution in [3.8, 4) is 0 Å². The lowest BCUT2D eigenvalue weighted by Crippen LogP contribution is -2.38. The average molecular weight is 417 g/mol. The molecule has 0 amide bonds.